The first-order valence-electron chi connectivity index (χ1n) is 6.90. The molecule has 1 atom stereocenters. The van der Waals surface area contributed by atoms with Gasteiger partial charge in [0.1, 0.15) is 5.60 Å². The predicted molar refractivity (Wildman–Crippen MR) is 83.2 cm³/mol. The van der Waals surface area contributed by atoms with Crippen molar-refractivity contribution in [1.29, 1.82) is 0 Å². The van der Waals surface area contributed by atoms with Gasteiger partial charge in [0.2, 0.25) is 5.91 Å². The van der Waals surface area contributed by atoms with Gasteiger partial charge < -0.3 is 10.4 Å². The van der Waals surface area contributed by atoms with Crippen molar-refractivity contribution in [3.63, 3.8) is 0 Å². The number of carbonyl (C=O) groups is 1. The molecule has 2 aromatic heterocycles. The Morgan fingerprint density at radius 1 is 1.57 bits per heavy atom. The first kappa shape index (κ1) is 15.7. The van der Waals surface area contributed by atoms with Crippen molar-refractivity contribution >= 4 is 17.2 Å². The number of amides is 1. The van der Waals surface area contributed by atoms with E-state index in [9.17, 15) is 9.90 Å². The molecule has 2 rings (SSSR count). The number of carbonyl (C=O) groups excluding carboxylic acids is 1. The van der Waals surface area contributed by atoms with Crippen molar-refractivity contribution in [1.82, 2.24) is 15.1 Å². The molecule has 21 heavy (non-hydrogen) atoms. The van der Waals surface area contributed by atoms with Gasteiger partial charge in [0.25, 0.3) is 0 Å². The smallest absolute Gasteiger partial charge is 0.220 e. The first-order valence-corrected chi connectivity index (χ1v) is 7.78. The van der Waals surface area contributed by atoms with Crippen molar-refractivity contribution in [2.75, 3.05) is 6.54 Å². The lowest BCUT2D eigenvalue weighted by atomic mass is 10.0. The second-order valence-corrected chi connectivity index (χ2v) is 6.35. The molecule has 0 saturated heterocycles. The molecule has 0 aromatic carbocycles. The van der Waals surface area contributed by atoms with Gasteiger partial charge in [-0.05, 0) is 37.3 Å². The molecule has 0 aliphatic heterocycles. The third-order valence-corrected chi connectivity index (χ3v) is 4.76. The van der Waals surface area contributed by atoms with Crippen LogP contribution < -0.4 is 5.32 Å². The standard InChI is InChI=1S/C15H21N3O2S/c1-11-12(9-17-18(11)3)6-7-14(19)16-10-15(2,20)13-5-4-8-21-13/h4-5,8-9,20H,6-7,10H2,1-3H3,(H,16,19). The number of thiophene rings is 1. The van der Waals surface area contributed by atoms with Crippen LogP contribution in [0.25, 0.3) is 0 Å². The molecule has 0 aliphatic rings. The molecule has 2 heterocycles. The van der Waals surface area contributed by atoms with E-state index in [1.807, 2.05) is 31.5 Å². The van der Waals surface area contributed by atoms with E-state index >= 15 is 0 Å². The second kappa shape index (κ2) is 6.41. The van der Waals surface area contributed by atoms with E-state index in [1.165, 1.54) is 11.3 Å². The van der Waals surface area contributed by atoms with Crippen molar-refractivity contribution in [3.8, 4) is 0 Å². The van der Waals surface area contributed by atoms with Crippen LogP contribution in [0.4, 0.5) is 0 Å². The van der Waals surface area contributed by atoms with Gasteiger partial charge in [-0.15, -0.1) is 11.3 Å². The normalized spacial score (nSPS) is 13.9. The van der Waals surface area contributed by atoms with Gasteiger partial charge in [0, 0.05) is 24.0 Å². The monoisotopic (exact) mass is 307 g/mol. The highest BCUT2D eigenvalue weighted by atomic mass is 32.1. The highest BCUT2D eigenvalue weighted by Gasteiger charge is 2.24. The summed E-state index contributed by atoms with van der Waals surface area (Å²) in [5.41, 5.74) is 1.14. The van der Waals surface area contributed by atoms with E-state index in [4.69, 9.17) is 0 Å². The summed E-state index contributed by atoms with van der Waals surface area (Å²) >= 11 is 1.48. The van der Waals surface area contributed by atoms with Crippen LogP contribution in [0.15, 0.2) is 23.7 Å². The van der Waals surface area contributed by atoms with Crippen molar-refractivity contribution in [2.45, 2.75) is 32.3 Å². The number of nitrogens with one attached hydrogen (secondary N) is 1. The van der Waals surface area contributed by atoms with E-state index in [-0.39, 0.29) is 12.5 Å². The lowest BCUT2D eigenvalue weighted by Gasteiger charge is -2.22. The lowest BCUT2D eigenvalue weighted by molar-refractivity contribution is -0.122. The van der Waals surface area contributed by atoms with Gasteiger partial charge in [0.05, 0.1) is 12.7 Å². The summed E-state index contributed by atoms with van der Waals surface area (Å²) in [6.07, 6.45) is 2.85. The van der Waals surface area contributed by atoms with Gasteiger partial charge >= 0.3 is 0 Å². The summed E-state index contributed by atoms with van der Waals surface area (Å²) < 4.78 is 1.80. The molecule has 0 saturated carbocycles. The van der Waals surface area contributed by atoms with E-state index in [0.717, 1.165) is 16.1 Å². The van der Waals surface area contributed by atoms with Crippen molar-refractivity contribution in [2.24, 2.45) is 7.05 Å². The maximum absolute atomic E-state index is 11.9. The molecule has 0 fully saturated rings. The molecule has 1 amide bonds. The van der Waals surface area contributed by atoms with Crippen LogP contribution in [0.5, 0.6) is 0 Å². The number of aryl methyl sites for hydroxylation is 2. The molecule has 2 aromatic rings. The fraction of sp³-hybridized carbons (Fsp3) is 0.467. The Hall–Kier alpha value is -1.66. The van der Waals surface area contributed by atoms with Crippen LogP contribution >= 0.6 is 11.3 Å². The summed E-state index contributed by atoms with van der Waals surface area (Å²) in [5.74, 6) is -0.0601. The quantitative estimate of drug-likeness (QED) is 0.854. The van der Waals surface area contributed by atoms with Gasteiger partial charge in [-0.1, -0.05) is 6.07 Å². The average molecular weight is 307 g/mol. The molecule has 114 valence electrons. The van der Waals surface area contributed by atoms with Gasteiger partial charge in [0.15, 0.2) is 0 Å². The topological polar surface area (TPSA) is 67.2 Å². The van der Waals surface area contributed by atoms with Gasteiger partial charge in [-0.3, -0.25) is 9.48 Å². The molecule has 0 aliphatic carbocycles. The Morgan fingerprint density at radius 3 is 2.90 bits per heavy atom. The summed E-state index contributed by atoms with van der Waals surface area (Å²) in [6.45, 7) is 3.92. The third-order valence-electron chi connectivity index (χ3n) is 3.64. The minimum Gasteiger partial charge on any atom is -0.383 e. The number of nitrogens with zero attached hydrogens (tertiary/aromatic N) is 2. The van der Waals surface area contributed by atoms with E-state index in [0.29, 0.717) is 12.8 Å². The van der Waals surface area contributed by atoms with Crippen LogP contribution in [-0.4, -0.2) is 27.3 Å². The molecule has 0 spiro atoms. The van der Waals surface area contributed by atoms with Crippen molar-refractivity contribution in [3.05, 3.63) is 39.8 Å². The molecule has 1 unspecified atom stereocenters. The van der Waals surface area contributed by atoms with Crippen molar-refractivity contribution < 1.29 is 9.90 Å². The zero-order valence-electron chi connectivity index (χ0n) is 12.6. The maximum Gasteiger partial charge on any atom is 0.220 e. The number of aliphatic hydroxyl groups is 1. The van der Waals surface area contributed by atoms with Gasteiger partial charge in [-0.25, -0.2) is 0 Å². The highest BCUT2D eigenvalue weighted by molar-refractivity contribution is 7.10. The second-order valence-electron chi connectivity index (χ2n) is 5.41. The molecule has 5 nitrogen and oxygen atoms in total. The SMILES string of the molecule is Cc1c(CCC(=O)NCC(C)(O)c2cccs2)cnn1C. The summed E-state index contributed by atoms with van der Waals surface area (Å²) in [7, 11) is 1.89. The molecule has 2 N–H and O–H groups in total. The number of rotatable bonds is 6. The van der Waals surface area contributed by atoms with E-state index in [2.05, 4.69) is 10.4 Å². The maximum atomic E-state index is 11.9. The molecule has 0 radical (unpaired) electrons. The summed E-state index contributed by atoms with van der Waals surface area (Å²) in [4.78, 5) is 12.8. The zero-order valence-corrected chi connectivity index (χ0v) is 13.4. The fourth-order valence-corrected chi connectivity index (χ4v) is 2.86. The first-order chi connectivity index (χ1) is 9.90. The van der Waals surface area contributed by atoms with Crippen LogP contribution in [-0.2, 0) is 23.9 Å². The van der Waals surface area contributed by atoms with Gasteiger partial charge in [-0.2, -0.15) is 5.10 Å². The minimum atomic E-state index is -1.02. The number of hydrogen-bond acceptors (Lipinski definition) is 4. The molecule has 6 heteroatoms. The summed E-state index contributed by atoms with van der Waals surface area (Å²) in [6, 6.07) is 3.76. The lowest BCUT2D eigenvalue weighted by Crippen LogP contribution is -2.38. The fourth-order valence-electron chi connectivity index (χ4n) is 2.07. The summed E-state index contributed by atoms with van der Waals surface area (Å²) in [5, 5.41) is 19.2. The molecular formula is C15H21N3O2S. The Kier molecular flexibility index (Phi) is 4.80. The molecule has 0 bridgehead atoms. The van der Waals surface area contributed by atoms with Crippen LogP contribution in [0, 0.1) is 6.92 Å². The average Bonchev–Trinajstić information content (AvgIpc) is 3.08. The Bertz CT molecular complexity index is 602. The largest absolute Gasteiger partial charge is 0.383 e. The Labute approximate surface area is 128 Å². The predicted octanol–water partition coefficient (Wildman–Crippen LogP) is 1.75. The highest BCUT2D eigenvalue weighted by Crippen LogP contribution is 2.24. The Morgan fingerprint density at radius 2 is 2.33 bits per heavy atom. The zero-order chi connectivity index (χ0) is 15.5. The van der Waals surface area contributed by atoms with E-state index in [1.54, 1.807) is 17.8 Å². The van der Waals surface area contributed by atoms with Crippen LogP contribution in [0.1, 0.15) is 29.5 Å². The van der Waals surface area contributed by atoms with Crippen LogP contribution in [0.2, 0.25) is 0 Å². The molecular weight excluding hydrogens is 286 g/mol. The van der Waals surface area contributed by atoms with E-state index < -0.39 is 5.60 Å². The minimum absolute atomic E-state index is 0.0601. The number of aromatic nitrogens is 2. The third kappa shape index (κ3) is 3.92. The van der Waals surface area contributed by atoms with Crippen LogP contribution in [0.3, 0.4) is 0 Å². The number of hydrogen-bond donors (Lipinski definition) is 2. The Balaban J connectivity index is 1.81.